The van der Waals surface area contributed by atoms with Crippen LogP contribution in [0.1, 0.15) is 30.0 Å². The van der Waals surface area contributed by atoms with Crippen LogP contribution in [0.2, 0.25) is 0 Å². The highest BCUT2D eigenvalue weighted by molar-refractivity contribution is 5.51. The van der Waals surface area contributed by atoms with E-state index in [1.165, 1.54) is 12.8 Å². The van der Waals surface area contributed by atoms with E-state index in [-0.39, 0.29) is 6.61 Å². The number of hydrogen-bond acceptors (Lipinski definition) is 3. The van der Waals surface area contributed by atoms with E-state index in [9.17, 15) is 5.11 Å². The number of aliphatic hydroxyl groups is 1. The number of nitrogens with zero attached hydrogens (tertiary/aromatic N) is 3. The SMILES string of the molecule is OCc1c(C2CC2)nn2cccnc12. The van der Waals surface area contributed by atoms with Crippen molar-refractivity contribution in [1.82, 2.24) is 14.6 Å². The molecule has 0 atom stereocenters. The molecule has 2 aromatic rings. The summed E-state index contributed by atoms with van der Waals surface area (Å²) in [5.74, 6) is 0.554. The molecule has 14 heavy (non-hydrogen) atoms. The Morgan fingerprint density at radius 2 is 2.36 bits per heavy atom. The van der Waals surface area contributed by atoms with Gasteiger partial charge in [-0.25, -0.2) is 9.50 Å². The van der Waals surface area contributed by atoms with E-state index in [1.807, 2.05) is 12.3 Å². The quantitative estimate of drug-likeness (QED) is 0.769. The highest BCUT2D eigenvalue weighted by Crippen LogP contribution is 2.41. The van der Waals surface area contributed by atoms with Crippen LogP contribution in [0, 0.1) is 0 Å². The lowest BCUT2D eigenvalue weighted by atomic mass is 10.2. The Kier molecular flexibility index (Phi) is 1.58. The maximum Gasteiger partial charge on any atom is 0.160 e. The Balaban J connectivity index is 2.28. The van der Waals surface area contributed by atoms with Crippen LogP contribution < -0.4 is 0 Å². The third-order valence-electron chi connectivity index (χ3n) is 2.64. The van der Waals surface area contributed by atoms with E-state index in [1.54, 1.807) is 10.7 Å². The highest BCUT2D eigenvalue weighted by Gasteiger charge is 2.30. The number of fused-ring (bicyclic) bond motifs is 1. The second-order valence-corrected chi connectivity index (χ2v) is 3.68. The summed E-state index contributed by atoms with van der Waals surface area (Å²) >= 11 is 0. The molecule has 2 aromatic heterocycles. The van der Waals surface area contributed by atoms with Crippen molar-refractivity contribution in [2.24, 2.45) is 0 Å². The predicted molar refractivity (Wildman–Crippen MR) is 50.9 cm³/mol. The van der Waals surface area contributed by atoms with Crippen LogP contribution in [-0.2, 0) is 6.61 Å². The van der Waals surface area contributed by atoms with Crippen molar-refractivity contribution >= 4 is 5.65 Å². The van der Waals surface area contributed by atoms with Crippen LogP contribution in [0.3, 0.4) is 0 Å². The minimum absolute atomic E-state index is 0.0341. The maximum atomic E-state index is 9.29. The molecular weight excluding hydrogens is 178 g/mol. The van der Waals surface area contributed by atoms with Crippen molar-refractivity contribution in [2.45, 2.75) is 25.4 Å². The lowest BCUT2D eigenvalue weighted by Crippen LogP contribution is -1.89. The summed E-state index contributed by atoms with van der Waals surface area (Å²) in [6.45, 7) is 0.0341. The molecule has 4 nitrogen and oxygen atoms in total. The number of aliphatic hydroxyl groups excluding tert-OH is 1. The molecule has 1 aliphatic rings. The van der Waals surface area contributed by atoms with Gasteiger partial charge in [0.15, 0.2) is 5.65 Å². The molecular formula is C10H11N3O. The third kappa shape index (κ3) is 1.04. The largest absolute Gasteiger partial charge is 0.391 e. The van der Waals surface area contributed by atoms with Crippen LogP contribution in [0.4, 0.5) is 0 Å². The number of rotatable bonds is 2. The molecule has 4 heteroatoms. The van der Waals surface area contributed by atoms with E-state index >= 15 is 0 Å². The van der Waals surface area contributed by atoms with Gasteiger partial charge in [0.1, 0.15) is 0 Å². The van der Waals surface area contributed by atoms with Gasteiger partial charge in [-0.1, -0.05) is 0 Å². The summed E-state index contributed by atoms with van der Waals surface area (Å²) in [6.07, 6.45) is 5.98. The lowest BCUT2D eigenvalue weighted by molar-refractivity contribution is 0.282. The summed E-state index contributed by atoms with van der Waals surface area (Å²) < 4.78 is 1.75. The summed E-state index contributed by atoms with van der Waals surface area (Å²) in [5, 5.41) is 13.7. The molecule has 3 rings (SSSR count). The molecule has 72 valence electrons. The molecule has 0 bridgehead atoms. The zero-order chi connectivity index (χ0) is 9.54. The fourth-order valence-electron chi connectivity index (χ4n) is 1.79. The van der Waals surface area contributed by atoms with E-state index in [2.05, 4.69) is 10.1 Å². The fourth-order valence-corrected chi connectivity index (χ4v) is 1.79. The first-order valence-electron chi connectivity index (χ1n) is 4.83. The molecule has 1 saturated carbocycles. The molecule has 1 fully saturated rings. The average Bonchev–Trinajstić information content (AvgIpc) is 2.99. The zero-order valence-corrected chi connectivity index (χ0v) is 7.72. The molecule has 0 amide bonds. The van der Waals surface area contributed by atoms with Crippen LogP contribution in [0.5, 0.6) is 0 Å². The van der Waals surface area contributed by atoms with Crippen LogP contribution in [0.25, 0.3) is 5.65 Å². The van der Waals surface area contributed by atoms with Crippen LogP contribution in [-0.4, -0.2) is 19.7 Å². The van der Waals surface area contributed by atoms with Gasteiger partial charge in [0.05, 0.1) is 12.3 Å². The number of aromatic nitrogens is 3. The van der Waals surface area contributed by atoms with Gasteiger partial charge in [-0.05, 0) is 18.9 Å². The van der Waals surface area contributed by atoms with Crippen LogP contribution in [0.15, 0.2) is 18.5 Å². The molecule has 1 aliphatic carbocycles. The highest BCUT2D eigenvalue weighted by atomic mass is 16.3. The molecule has 0 aromatic carbocycles. The first kappa shape index (κ1) is 7.94. The van der Waals surface area contributed by atoms with E-state index in [4.69, 9.17) is 0 Å². The van der Waals surface area contributed by atoms with Gasteiger partial charge >= 0.3 is 0 Å². The molecule has 0 radical (unpaired) electrons. The minimum atomic E-state index is 0.0341. The maximum absolute atomic E-state index is 9.29. The van der Waals surface area contributed by atoms with Gasteiger partial charge in [0, 0.05) is 23.9 Å². The Hall–Kier alpha value is -1.42. The van der Waals surface area contributed by atoms with E-state index in [0.717, 1.165) is 16.9 Å². The Bertz CT molecular complexity index is 473. The molecule has 1 N–H and O–H groups in total. The first-order chi connectivity index (χ1) is 6.90. The second kappa shape index (κ2) is 2.78. The molecule has 0 spiro atoms. The minimum Gasteiger partial charge on any atom is -0.391 e. The lowest BCUT2D eigenvalue weighted by Gasteiger charge is -1.94. The average molecular weight is 189 g/mol. The first-order valence-corrected chi connectivity index (χ1v) is 4.83. The standard InChI is InChI=1S/C10H11N3O/c14-6-8-9(7-2-3-7)12-13-5-1-4-11-10(8)13/h1,4-5,7,14H,2-3,6H2. The van der Waals surface area contributed by atoms with E-state index < -0.39 is 0 Å². The third-order valence-corrected chi connectivity index (χ3v) is 2.64. The Morgan fingerprint density at radius 1 is 1.50 bits per heavy atom. The molecule has 0 saturated heterocycles. The van der Waals surface area contributed by atoms with Gasteiger partial charge in [-0.3, -0.25) is 0 Å². The molecule has 0 unspecified atom stereocenters. The summed E-state index contributed by atoms with van der Waals surface area (Å²) in [5.41, 5.74) is 2.72. The topological polar surface area (TPSA) is 50.4 Å². The number of hydrogen-bond donors (Lipinski definition) is 1. The van der Waals surface area contributed by atoms with E-state index in [0.29, 0.717) is 5.92 Å². The summed E-state index contributed by atoms with van der Waals surface area (Å²) in [4.78, 5) is 4.22. The monoisotopic (exact) mass is 189 g/mol. The van der Waals surface area contributed by atoms with Gasteiger partial charge in [-0.15, -0.1) is 0 Å². The molecule has 2 heterocycles. The van der Waals surface area contributed by atoms with Crippen molar-refractivity contribution in [2.75, 3.05) is 0 Å². The van der Waals surface area contributed by atoms with Crippen molar-refractivity contribution in [3.63, 3.8) is 0 Å². The Labute approximate surface area is 81.2 Å². The van der Waals surface area contributed by atoms with Crippen molar-refractivity contribution in [1.29, 1.82) is 0 Å². The smallest absolute Gasteiger partial charge is 0.160 e. The predicted octanol–water partition coefficient (Wildman–Crippen LogP) is 1.10. The fraction of sp³-hybridized carbons (Fsp3) is 0.400. The summed E-state index contributed by atoms with van der Waals surface area (Å²) in [7, 11) is 0. The van der Waals surface area contributed by atoms with Gasteiger partial charge in [0.2, 0.25) is 0 Å². The van der Waals surface area contributed by atoms with Crippen molar-refractivity contribution in [3.05, 3.63) is 29.7 Å². The zero-order valence-electron chi connectivity index (χ0n) is 7.72. The Morgan fingerprint density at radius 3 is 3.07 bits per heavy atom. The van der Waals surface area contributed by atoms with Gasteiger partial charge in [-0.2, -0.15) is 5.10 Å². The second-order valence-electron chi connectivity index (χ2n) is 3.68. The van der Waals surface area contributed by atoms with Gasteiger partial charge < -0.3 is 5.11 Å². The normalized spacial score (nSPS) is 16.4. The summed E-state index contributed by atoms with van der Waals surface area (Å²) in [6, 6.07) is 1.85. The van der Waals surface area contributed by atoms with Crippen molar-refractivity contribution < 1.29 is 5.11 Å². The molecule has 0 aliphatic heterocycles. The van der Waals surface area contributed by atoms with Gasteiger partial charge in [0.25, 0.3) is 0 Å². The van der Waals surface area contributed by atoms with Crippen molar-refractivity contribution in [3.8, 4) is 0 Å². The van der Waals surface area contributed by atoms with Crippen LogP contribution >= 0.6 is 0 Å².